The van der Waals surface area contributed by atoms with Gasteiger partial charge in [0.05, 0.1) is 17.2 Å². The molecule has 0 spiro atoms. The summed E-state index contributed by atoms with van der Waals surface area (Å²) in [4.78, 5) is 24.0. The van der Waals surface area contributed by atoms with E-state index in [-0.39, 0.29) is 5.91 Å². The molecule has 3 aromatic heterocycles. The Labute approximate surface area is 190 Å². The van der Waals surface area contributed by atoms with Crippen molar-refractivity contribution in [3.8, 4) is 16.2 Å². The Morgan fingerprint density at radius 2 is 2.16 bits per heavy atom. The number of carbonyl (C=O) groups excluding carboxylic acids is 1. The van der Waals surface area contributed by atoms with E-state index in [1.165, 1.54) is 6.33 Å². The normalized spacial score (nSPS) is 16.3. The van der Waals surface area contributed by atoms with Crippen LogP contribution in [0.25, 0.3) is 31.6 Å². The van der Waals surface area contributed by atoms with Crippen molar-refractivity contribution in [3.05, 3.63) is 36.3 Å². The summed E-state index contributed by atoms with van der Waals surface area (Å²) < 4.78 is 8.92. The predicted molar refractivity (Wildman–Crippen MR) is 129 cm³/mol. The van der Waals surface area contributed by atoms with Gasteiger partial charge in [0.2, 0.25) is 5.91 Å². The van der Waals surface area contributed by atoms with Gasteiger partial charge in [-0.2, -0.15) is 0 Å². The molecule has 1 fully saturated rings. The number of likely N-dealkylation sites (tertiary alicyclic amines) is 1. The Morgan fingerprint density at radius 3 is 2.94 bits per heavy atom. The molecule has 0 radical (unpaired) electrons. The van der Waals surface area contributed by atoms with Gasteiger partial charge in [0.25, 0.3) is 0 Å². The fourth-order valence-electron chi connectivity index (χ4n) is 4.73. The number of rotatable bonds is 5. The number of nitrogen functional groups attached to an aromatic ring is 1. The number of methoxy groups -OCH3 is 1. The molecule has 32 heavy (non-hydrogen) atoms. The summed E-state index contributed by atoms with van der Waals surface area (Å²) in [5.74, 6) is 2.00. The highest BCUT2D eigenvalue weighted by molar-refractivity contribution is 7.22. The Bertz CT molecular complexity index is 1330. The third kappa shape index (κ3) is 3.48. The van der Waals surface area contributed by atoms with Crippen LogP contribution in [0.15, 0.2) is 30.7 Å². The molecule has 0 aliphatic carbocycles. The number of aryl methyl sites for hydroxylation is 1. The molecule has 2 N–H and O–H groups in total. The summed E-state index contributed by atoms with van der Waals surface area (Å²) in [5.41, 5.74) is 9.38. The van der Waals surface area contributed by atoms with E-state index in [9.17, 15) is 4.79 Å². The first-order chi connectivity index (χ1) is 15.5. The van der Waals surface area contributed by atoms with Crippen LogP contribution in [0.4, 0.5) is 5.82 Å². The summed E-state index contributed by atoms with van der Waals surface area (Å²) in [6.07, 6.45) is 5.23. The van der Waals surface area contributed by atoms with E-state index in [2.05, 4.69) is 45.9 Å². The monoisotopic (exact) mass is 449 g/mol. The Hall–Kier alpha value is -3.13. The average Bonchev–Trinajstić information content (AvgIpc) is 3.50. The number of hydrogen-bond donors (Lipinski definition) is 1. The smallest absolute Gasteiger partial charge is 0.222 e. The molecule has 7 nitrogen and oxygen atoms in total. The number of ether oxygens (including phenoxy) is 1. The number of nitrogens with zero attached hydrogens (tertiary/aromatic N) is 4. The number of aromatic nitrogens is 3. The quantitative estimate of drug-likeness (QED) is 0.486. The van der Waals surface area contributed by atoms with Gasteiger partial charge in [-0.3, -0.25) is 4.79 Å². The first-order valence-corrected chi connectivity index (χ1v) is 11.8. The molecular formula is C24H27N5O2S. The number of amides is 1. The largest absolute Gasteiger partial charge is 0.495 e. The van der Waals surface area contributed by atoms with E-state index in [1.807, 2.05) is 11.8 Å². The molecular weight excluding hydrogens is 422 g/mol. The van der Waals surface area contributed by atoms with Crippen LogP contribution in [-0.2, 0) is 11.3 Å². The number of hydrogen-bond acceptors (Lipinski definition) is 6. The van der Waals surface area contributed by atoms with Crippen LogP contribution >= 0.6 is 11.3 Å². The summed E-state index contributed by atoms with van der Waals surface area (Å²) in [5, 5.41) is 2.04. The van der Waals surface area contributed by atoms with Crippen molar-refractivity contribution in [1.29, 1.82) is 0 Å². The molecule has 8 heteroatoms. The van der Waals surface area contributed by atoms with E-state index < -0.39 is 0 Å². The topological polar surface area (TPSA) is 86.3 Å². The highest BCUT2D eigenvalue weighted by Gasteiger charge is 2.27. The van der Waals surface area contributed by atoms with E-state index >= 15 is 0 Å². The van der Waals surface area contributed by atoms with Crippen molar-refractivity contribution in [1.82, 2.24) is 19.4 Å². The molecule has 1 unspecified atom stereocenters. The lowest BCUT2D eigenvalue weighted by molar-refractivity contribution is -0.129. The standard InChI is InChI=1S/C24H27N5O2S/c1-4-20(30)28-6-5-15(10-28)11-29-12-17(21-23(25)26-13-27-24(21)29)19-9-16-7-14(2)8-18(31-3)22(16)32-19/h7-9,12-13,15H,4-6,10-11H2,1-3H3,(H2,25,26,27). The summed E-state index contributed by atoms with van der Waals surface area (Å²) in [7, 11) is 1.71. The second-order valence-corrected chi connectivity index (χ2v) is 9.55. The molecule has 1 atom stereocenters. The Kier molecular flexibility index (Phi) is 5.25. The highest BCUT2D eigenvalue weighted by atomic mass is 32.1. The van der Waals surface area contributed by atoms with Gasteiger partial charge < -0.3 is 19.9 Å². The van der Waals surface area contributed by atoms with Crippen LogP contribution in [0.3, 0.4) is 0 Å². The zero-order valence-electron chi connectivity index (χ0n) is 18.6. The van der Waals surface area contributed by atoms with E-state index in [0.29, 0.717) is 18.2 Å². The van der Waals surface area contributed by atoms with Gasteiger partial charge in [0.1, 0.15) is 23.5 Å². The predicted octanol–water partition coefficient (Wildman–Crippen LogP) is 4.47. The summed E-state index contributed by atoms with van der Waals surface area (Å²) in [6, 6.07) is 6.43. The number of anilines is 1. The molecule has 4 heterocycles. The van der Waals surface area contributed by atoms with Crippen molar-refractivity contribution >= 4 is 44.2 Å². The minimum absolute atomic E-state index is 0.228. The van der Waals surface area contributed by atoms with Gasteiger partial charge in [0, 0.05) is 42.7 Å². The van der Waals surface area contributed by atoms with Crippen molar-refractivity contribution in [2.75, 3.05) is 25.9 Å². The van der Waals surface area contributed by atoms with Gasteiger partial charge in [-0.25, -0.2) is 9.97 Å². The Balaban J connectivity index is 1.57. The van der Waals surface area contributed by atoms with E-state index in [1.54, 1.807) is 18.4 Å². The number of fused-ring (bicyclic) bond motifs is 2. The zero-order chi connectivity index (χ0) is 22.4. The lowest BCUT2D eigenvalue weighted by Crippen LogP contribution is -2.28. The second kappa shape index (κ2) is 8.09. The van der Waals surface area contributed by atoms with Crippen molar-refractivity contribution < 1.29 is 9.53 Å². The second-order valence-electron chi connectivity index (χ2n) is 8.50. The average molecular weight is 450 g/mol. The lowest BCUT2D eigenvalue weighted by atomic mass is 10.1. The molecule has 1 amide bonds. The molecule has 1 aromatic carbocycles. The molecule has 0 saturated carbocycles. The fraction of sp³-hybridized carbons (Fsp3) is 0.375. The van der Waals surface area contributed by atoms with Gasteiger partial charge >= 0.3 is 0 Å². The van der Waals surface area contributed by atoms with Crippen LogP contribution in [-0.4, -0.2) is 45.5 Å². The maximum Gasteiger partial charge on any atom is 0.222 e. The van der Waals surface area contributed by atoms with E-state index in [0.717, 1.165) is 68.9 Å². The number of benzene rings is 1. The number of nitrogens with two attached hydrogens (primary N) is 1. The Morgan fingerprint density at radius 1 is 1.31 bits per heavy atom. The molecule has 1 aliphatic rings. The zero-order valence-corrected chi connectivity index (χ0v) is 19.4. The van der Waals surface area contributed by atoms with Gasteiger partial charge in [-0.1, -0.05) is 13.0 Å². The lowest BCUT2D eigenvalue weighted by Gasteiger charge is -2.16. The minimum Gasteiger partial charge on any atom is -0.495 e. The van der Waals surface area contributed by atoms with Crippen molar-refractivity contribution in [2.45, 2.75) is 33.2 Å². The first-order valence-electron chi connectivity index (χ1n) is 10.9. The molecule has 0 bridgehead atoms. The number of carbonyl (C=O) groups is 1. The van der Waals surface area contributed by atoms with E-state index in [4.69, 9.17) is 10.5 Å². The van der Waals surface area contributed by atoms with Crippen LogP contribution in [0, 0.1) is 12.8 Å². The third-order valence-corrected chi connectivity index (χ3v) is 7.49. The van der Waals surface area contributed by atoms with Crippen molar-refractivity contribution in [2.24, 2.45) is 5.92 Å². The fourth-order valence-corrected chi connectivity index (χ4v) is 5.88. The maximum atomic E-state index is 12.1. The van der Waals surface area contributed by atoms with Crippen LogP contribution < -0.4 is 10.5 Å². The molecule has 1 saturated heterocycles. The molecule has 5 rings (SSSR count). The first kappa shape index (κ1) is 20.8. The number of thiophene rings is 1. The SMILES string of the molecule is CCC(=O)N1CCC(Cn2cc(-c3cc4cc(C)cc(OC)c4s3)c3c(N)ncnc32)C1. The van der Waals surface area contributed by atoms with Crippen molar-refractivity contribution in [3.63, 3.8) is 0 Å². The third-order valence-electron chi connectivity index (χ3n) is 6.29. The molecule has 166 valence electrons. The maximum absolute atomic E-state index is 12.1. The van der Waals surface area contributed by atoms with Gasteiger partial charge in [-0.05, 0) is 42.3 Å². The highest BCUT2D eigenvalue weighted by Crippen LogP contribution is 2.43. The minimum atomic E-state index is 0.228. The molecule has 1 aliphatic heterocycles. The van der Waals surface area contributed by atoms with Crippen LogP contribution in [0.2, 0.25) is 0 Å². The summed E-state index contributed by atoms with van der Waals surface area (Å²) >= 11 is 1.69. The summed E-state index contributed by atoms with van der Waals surface area (Å²) in [6.45, 7) is 6.42. The van der Waals surface area contributed by atoms with Gasteiger partial charge in [-0.15, -0.1) is 11.3 Å². The molecule has 4 aromatic rings. The van der Waals surface area contributed by atoms with Gasteiger partial charge in [0.15, 0.2) is 0 Å². The van der Waals surface area contributed by atoms with Crippen LogP contribution in [0.1, 0.15) is 25.3 Å². The van der Waals surface area contributed by atoms with Crippen LogP contribution in [0.5, 0.6) is 5.75 Å².